The maximum atomic E-state index is 10.8. The Balaban J connectivity index is 2.09. The summed E-state index contributed by atoms with van der Waals surface area (Å²) in [5, 5.41) is 9.58. The molecule has 0 amide bonds. The number of carboxylic acid groups (broad SMARTS) is 1. The Bertz CT molecular complexity index is 545. The zero-order valence-electron chi connectivity index (χ0n) is 9.98. The van der Waals surface area contributed by atoms with Crippen LogP contribution in [0, 0.1) is 0 Å². The SMILES string of the molecule is CC(Cc1ccc(Cl)cc1)c1c[nH]c(C(=O)O)c1. The van der Waals surface area contributed by atoms with Crippen LogP contribution < -0.4 is 0 Å². The van der Waals surface area contributed by atoms with Crippen molar-refractivity contribution in [2.75, 3.05) is 0 Å². The predicted octanol–water partition coefficient (Wildman–Crippen LogP) is 3.71. The summed E-state index contributed by atoms with van der Waals surface area (Å²) in [6.45, 7) is 2.07. The second kappa shape index (κ2) is 5.27. The van der Waals surface area contributed by atoms with E-state index in [2.05, 4.69) is 11.9 Å². The minimum absolute atomic E-state index is 0.230. The molecule has 0 bridgehead atoms. The number of nitrogens with one attached hydrogen (secondary N) is 1. The first-order chi connectivity index (χ1) is 8.56. The summed E-state index contributed by atoms with van der Waals surface area (Å²) in [5.41, 5.74) is 2.42. The second-order valence-electron chi connectivity index (χ2n) is 4.38. The molecule has 0 aliphatic heterocycles. The minimum atomic E-state index is -0.931. The third-order valence-electron chi connectivity index (χ3n) is 2.96. The van der Waals surface area contributed by atoms with Gasteiger partial charge in [-0.25, -0.2) is 4.79 Å². The first kappa shape index (κ1) is 12.7. The molecule has 1 unspecified atom stereocenters. The van der Waals surface area contributed by atoms with E-state index >= 15 is 0 Å². The summed E-state index contributed by atoms with van der Waals surface area (Å²) in [6, 6.07) is 9.39. The van der Waals surface area contributed by atoms with E-state index in [0.717, 1.165) is 17.0 Å². The number of carboxylic acids is 1. The summed E-state index contributed by atoms with van der Waals surface area (Å²) in [5.74, 6) is -0.671. The van der Waals surface area contributed by atoms with Crippen molar-refractivity contribution in [2.45, 2.75) is 19.3 Å². The van der Waals surface area contributed by atoms with Crippen molar-refractivity contribution < 1.29 is 9.90 Å². The van der Waals surface area contributed by atoms with Gasteiger partial charge in [-0.05, 0) is 41.7 Å². The lowest BCUT2D eigenvalue weighted by Gasteiger charge is -2.09. The van der Waals surface area contributed by atoms with Gasteiger partial charge in [-0.1, -0.05) is 30.7 Å². The highest BCUT2D eigenvalue weighted by molar-refractivity contribution is 6.30. The van der Waals surface area contributed by atoms with Crippen LogP contribution in [0.3, 0.4) is 0 Å². The van der Waals surface area contributed by atoms with Crippen molar-refractivity contribution in [2.24, 2.45) is 0 Å². The standard InChI is InChI=1S/C14H14ClNO2/c1-9(6-10-2-4-12(15)5-3-10)11-7-13(14(17)18)16-8-11/h2-5,7-9,16H,6H2,1H3,(H,17,18). The van der Waals surface area contributed by atoms with Crippen LogP contribution >= 0.6 is 11.6 Å². The summed E-state index contributed by atoms with van der Waals surface area (Å²) in [6.07, 6.45) is 2.61. The molecule has 2 rings (SSSR count). The summed E-state index contributed by atoms with van der Waals surface area (Å²) >= 11 is 5.83. The fraction of sp³-hybridized carbons (Fsp3) is 0.214. The highest BCUT2D eigenvalue weighted by Gasteiger charge is 2.12. The van der Waals surface area contributed by atoms with Crippen LogP contribution in [0.2, 0.25) is 5.02 Å². The molecule has 0 aliphatic carbocycles. The number of aromatic carboxylic acids is 1. The van der Waals surface area contributed by atoms with Crippen LogP contribution in [0.1, 0.15) is 34.5 Å². The van der Waals surface area contributed by atoms with Gasteiger partial charge >= 0.3 is 5.97 Å². The fourth-order valence-electron chi connectivity index (χ4n) is 1.91. The van der Waals surface area contributed by atoms with Crippen molar-refractivity contribution >= 4 is 17.6 Å². The molecule has 0 saturated heterocycles. The largest absolute Gasteiger partial charge is 0.477 e. The van der Waals surface area contributed by atoms with Crippen LogP contribution in [0.25, 0.3) is 0 Å². The number of hydrogen-bond acceptors (Lipinski definition) is 1. The Hall–Kier alpha value is -1.74. The molecule has 1 heterocycles. The van der Waals surface area contributed by atoms with Gasteiger partial charge in [-0.15, -0.1) is 0 Å². The molecule has 1 aromatic carbocycles. The number of rotatable bonds is 4. The van der Waals surface area contributed by atoms with Gasteiger partial charge in [0.1, 0.15) is 5.69 Å². The number of aromatic nitrogens is 1. The normalized spacial score (nSPS) is 12.3. The van der Waals surface area contributed by atoms with Gasteiger partial charge in [0.25, 0.3) is 0 Å². The topological polar surface area (TPSA) is 53.1 Å². The van der Waals surface area contributed by atoms with Gasteiger partial charge in [-0.3, -0.25) is 0 Å². The highest BCUT2D eigenvalue weighted by atomic mass is 35.5. The maximum Gasteiger partial charge on any atom is 0.352 e. The van der Waals surface area contributed by atoms with Gasteiger partial charge in [-0.2, -0.15) is 0 Å². The lowest BCUT2D eigenvalue weighted by molar-refractivity contribution is 0.0691. The van der Waals surface area contributed by atoms with Crippen LogP contribution in [0.4, 0.5) is 0 Å². The van der Waals surface area contributed by atoms with Crippen LogP contribution in [0.5, 0.6) is 0 Å². The summed E-state index contributed by atoms with van der Waals surface area (Å²) < 4.78 is 0. The number of halogens is 1. The Labute approximate surface area is 110 Å². The number of benzene rings is 1. The Morgan fingerprint density at radius 2 is 2.06 bits per heavy atom. The Morgan fingerprint density at radius 3 is 2.61 bits per heavy atom. The average molecular weight is 264 g/mol. The van der Waals surface area contributed by atoms with E-state index < -0.39 is 5.97 Å². The Kier molecular flexibility index (Phi) is 3.72. The molecule has 18 heavy (non-hydrogen) atoms. The molecule has 3 nitrogen and oxygen atoms in total. The van der Waals surface area contributed by atoms with Crippen molar-refractivity contribution in [1.29, 1.82) is 0 Å². The molecule has 1 aromatic heterocycles. The molecule has 1 atom stereocenters. The average Bonchev–Trinajstić information content (AvgIpc) is 2.81. The van der Waals surface area contributed by atoms with E-state index in [9.17, 15) is 4.79 Å². The lowest BCUT2D eigenvalue weighted by Crippen LogP contribution is -1.97. The molecule has 0 aliphatic rings. The first-order valence-electron chi connectivity index (χ1n) is 5.72. The van der Waals surface area contributed by atoms with Gasteiger partial charge < -0.3 is 10.1 Å². The molecule has 0 fully saturated rings. The van der Waals surface area contributed by atoms with E-state index in [0.29, 0.717) is 0 Å². The number of H-pyrrole nitrogens is 1. The lowest BCUT2D eigenvalue weighted by atomic mass is 9.96. The summed E-state index contributed by atoms with van der Waals surface area (Å²) in [7, 11) is 0. The monoisotopic (exact) mass is 263 g/mol. The van der Waals surface area contributed by atoms with Gasteiger partial charge in [0.15, 0.2) is 0 Å². The minimum Gasteiger partial charge on any atom is -0.477 e. The van der Waals surface area contributed by atoms with Gasteiger partial charge in [0.2, 0.25) is 0 Å². The van der Waals surface area contributed by atoms with Crippen molar-refractivity contribution in [1.82, 2.24) is 4.98 Å². The molecule has 2 aromatic rings. The third kappa shape index (κ3) is 2.93. The molecule has 94 valence electrons. The molecule has 0 radical (unpaired) electrons. The molecule has 4 heteroatoms. The van der Waals surface area contributed by atoms with E-state index in [1.165, 1.54) is 5.56 Å². The molecular weight excluding hydrogens is 250 g/mol. The fourth-order valence-corrected chi connectivity index (χ4v) is 2.04. The zero-order chi connectivity index (χ0) is 13.1. The quantitative estimate of drug-likeness (QED) is 0.883. The van der Waals surface area contributed by atoms with E-state index in [4.69, 9.17) is 16.7 Å². The Morgan fingerprint density at radius 1 is 1.39 bits per heavy atom. The molecule has 0 saturated carbocycles. The number of aromatic amines is 1. The molecule has 0 spiro atoms. The van der Waals surface area contributed by atoms with E-state index in [1.807, 2.05) is 24.3 Å². The first-order valence-corrected chi connectivity index (χ1v) is 6.10. The van der Waals surface area contributed by atoms with Crippen molar-refractivity contribution in [3.63, 3.8) is 0 Å². The zero-order valence-corrected chi connectivity index (χ0v) is 10.7. The molecular formula is C14H14ClNO2. The van der Waals surface area contributed by atoms with Crippen molar-refractivity contribution in [3.05, 3.63) is 58.4 Å². The van der Waals surface area contributed by atoms with Crippen LogP contribution in [-0.2, 0) is 6.42 Å². The predicted molar refractivity (Wildman–Crippen MR) is 71.3 cm³/mol. The van der Waals surface area contributed by atoms with Gasteiger partial charge in [0.05, 0.1) is 0 Å². The number of carbonyl (C=O) groups is 1. The number of hydrogen-bond donors (Lipinski definition) is 2. The van der Waals surface area contributed by atoms with E-state index in [-0.39, 0.29) is 11.6 Å². The smallest absolute Gasteiger partial charge is 0.352 e. The van der Waals surface area contributed by atoms with Crippen molar-refractivity contribution in [3.8, 4) is 0 Å². The maximum absolute atomic E-state index is 10.8. The van der Waals surface area contributed by atoms with E-state index in [1.54, 1.807) is 12.3 Å². The second-order valence-corrected chi connectivity index (χ2v) is 4.82. The summed E-state index contributed by atoms with van der Waals surface area (Å²) in [4.78, 5) is 13.5. The molecule has 2 N–H and O–H groups in total. The van der Waals surface area contributed by atoms with Crippen LogP contribution in [0.15, 0.2) is 36.5 Å². The highest BCUT2D eigenvalue weighted by Crippen LogP contribution is 2.22. The van der Waals surface area contributed by atoms with Gasteiger partial charge in [0, 0.05) is 11.2 Å². The van der Waals surface area contributed by atoms with Crippen LogP contribution in [-0.4, -0.2) is 16.1 Å². The third-order valence-corrected chi connectivity index (χ3v) is 3.21.